The number of phosphoric acid groups is 1. The van der Waals surface area contributed by atoms with E-state index >= 15 is 0 Å². The maximum Gasteiger partial charge on any atom is 0.472 e. The topological polar surface area (TPSA) is 374 Å². The van der Waals surface area contributed by atoms with Gasteiger partial charge in [0.2, 0.25) is 0 Å². The number of aliphatic hydroxyl groups is 10. The van der Waals surface area contributed by atoms with Gasteiger partial charge >= 0.3 is 25.7 Å². The Morgan fingerprint density at radius 2 is 0.761 bits per heavy atom. The molecule has 2 saturated heterocycles. The summed E-state index contributed by atoms with van der Waals surface area (Å²) in [4.78, 5) is 50.8. The summed E-state index contributed by atoms with van der Waals surface area (Å²) in [5, 5.41) is 110. The summed E-state index contributed by atoms with van der Waals surface area (Å²) in [6.07, 6.45) is 6.05. The molecular formula is C67H123O24P. The molecule has 2 heterocycles. The smallest absolute Gasteiger partial charge is 0.463 e. The van der Waals surface area contributed by atoms with Gasteiger partial charge in [-0.1, -0.05) is 213 Å². The van der Waals surface area contributed by atoms with Crippen LogP contribution in [0.25, 0.3) is 0 Å². The Hall–Kier alpha value is -2.30. The Balaban J connectivity index is 1.76. The molecule has 0 radical (unpaired) electrons. The number of carbonyl (C=O) groups is 3. The van der Waals surface area contributed by atoms with Crippen molar-refractivity contribution in [2.24, 2.45) is 0 Å². The molecule has 3 fully saturated rings. The SMILES string of the molecule is CCCCCCCC/C=C\CCCCCC(=O)OCC(COP(=O)(O)OC1C(OC2OC(CO)C(O)C(O)C2O)C(O)C(O)C(O)C1OC1OC(COC(=O)CCCCCCCCCCCCCCC)C(O)C(O)C1O)OC(=O)CCCCCCCCCCCCC. The van der Waals surface area contributed by atoms with E-state index in [0.717, 1.165) is 96.3 Å². The second kappa shape index (κ2) is 50.1. The number of hydrogen-bond acceptors (Lipinski definition) is 23. The molecule has 92 heavy (non-hydrogen) atoms. The molecule has 11 N–H and O–H groups in total. The Kier molecular flexibility index (Phi) is 45.7. The van der Waals surface area contributed by atoms with E-state index in [1.54, 1.807) is 0 Å². The molecule has 0 aromatic rings. The fourth-order valence-corrected chi connectivity index (χ4v) is 12.7. The van der Waals surface area contributed by atoms with E-state index in [1.165, 1.54) is 109 Å². The number of carbonyl (C=O) groups excluding carboxylic acids is 3. The lowest BCUT2D eigenvalue weighted by Gasteiger charge is -2.49. The van der Waals surface area contributed by atoms with Crippen LogP contribution in [0.2, 0.25) is 0 Å². The van der Waals surface area contributed by atoms with Gasteiger partial charge in [0.1, 0.15) is 98.7 Å². The van der Waals surface area contributed by atoms with E-state index in [1.807, 2.05) is 0 Å². The number of allylic oxidation sites excluding steroid dienone is 2. The zero-order chi connectivity index (χ0) is 67.5. The number of ether oxygens (including phenoxy) is 7. The minimum absolute atomic E-state index is 0.0274. The maximum atomic E-state index is 14.3. The molecule has 0 aromatic heterocycles. The Morgan fingerprint density at radius 1 is 0.413 bits per heavy atom. The van der Waals surface area contributed by atoms with E-state index in [4.69, 9.17) is 42.2 Å². The van der Waals surface area contributed by atoms with Crippen LogP contribution in [0.4, 0.5) is 0 Å². The molecule has 540 valence electrons. The van der Waals surface area contributed by atoms with Crippen molar-refractivity contribution in [3.05, 3.63) is 12.2 Å². The number of unbranched alkanes of at least 4 members (excludes halogenated alkanes) is 31. The van der Waals surface area contributed by atoms with Gasteiger partial charge in [-0.25, -0.2) is 4.57 Å². The Morgan fingerprint density at radius 3 is 1.18 bits per heavy atom. The average molecular weight is 1340 g/mol. The normalized spacial score (nSPS) is 28.7. The highest BCUT2D eigenvalue weighted by atomic mass is 31.2. The first-order chi connectivity index (χ1) is 44.3. The molecule has 18 unspecified atom stereocenters. The fourth-order valence-electron chi connectivity index (χ4n) is 11.7. The van der Waals surface area contributed by atoms with E-state index in [0.29, 0.717) is 19.3 Å². The third-order valence-electron chi connectivity index (χ3n) is 17.5. The molecule has 0 spiro atoms. The largest absolute Gasteiger partial charge is 0.472 e. The second-order valence-electron chi connectivity index (χ2n) is 25.6. The van der Waals surface area contributed by atoms with Gasteiger partial charge in [-0.2, -0.15) is 0 Å². The highest BCUT2D eigenvalue weighted by molar-refractivity contribution is 7.47. The molecule has 3 aliphatic rings. The van der Waals surface area contributed by atoms with E-state index < -0.39 is 156 Å². The van der Waals surface area contributed by atoms with Crippen molar-refractivity contribution < 1.29 is 117 Å². The van der Waals surface area contributed by atoms with E-state index in [2.05, 4.69) is 32.9 Å². The lowest BCUT2D eigenvalue weighted by atomic mass is 9.84. The van der Waals surface area contributed by atoms with Crippen LogP contribution in [-0.4, -0.2) is 204 Å². The lowest BCUT2D eigenvalue weighted by Crippen LogP contribution is -2.69. The summed E-state index contributed by atoms with van der Waals surface area (Å²) in [6, 6.07) is 0. The van der Waals surface area contributed by atoms with E-state index in [-0.39, 0.29) is 19.3 Å². The van der Waals surface area contributed by atoms with Gasteiger partial charge in [-0.05, 0) is 44.9 Å². The molecule has 0 aromatic carbocycles. The number of rotatable bonds is 54. The molecular weight excluding hydrogens is 1220 g/mol. The average Bonchev–Trinajstić information content (AvgIpc) is 0.776. The summed E-state index contributed by atoms with van der Waals surface area (Å²) >= 11 is 0. The van der Waals surface area contributed by atoms with Gasteiger partial charge in [-0.15, -0.1) is 0 Å². The third kappa shape index (κ3) is 33.8. The van der Waals surface area contributed by atoms with Gasteiger partial charge < -0.3 is 89.1 Å². The number of hydrogen-bond donors (Lipinski definition) is 11. The first-order valence-corrected chi connectivity index (χ1v) is 37.0. The number of aliphatic hydroxyl groups excluding tert-OH is 10. The highest BCUT2D eigenvalue weighted by Crippen LogP contribution is 2.49. The van der Waals surface area contributed by atoms with Gasteiger partial charge in [0.25, 0.3) is 0 Å². The number of phosphoric ester groups is 1. The van der Waals surface area contributed by atoms with Gasteiger partial charge in [0, 0.05) is 19.3 Å². The van der Waals surface area contributed by atoms with Crippen molar-refractivity contribution >= 4 is 25.7 Å². The second-order valence-corrected chi connectivity index (χ2v) is 27.0. The van der Waals surface area contributed by atoms with Crippen LogP contribution in [0, 0.1) is 0 Å². The molecule has 1 aliphatic carbocycles. The van der Waals surface area contributed by atoms with Crippen molar-refractivity contribution in [2.75, 3.05) is 26.4 Å². The standard InChI is InChI=1S/C67H123O24P/c1-4-7-10-13-16-19-22-24-27-29-32-35-38-41-51(69)83-45-48(86-53(71)43-40-37-34-31-26-21-18-15-12-9-6-3)46-85-92(81,82)91-65-63(89-66-61(79)56(74)54(72)49(44-68)87-66)59(77)58(76)60(78)64(65)90-67-62(80)57(75)55(73)50(88-67)47-84-52(70)42-39-36-33-30-28-25-23-20-17-14-11-8-5-2/h24,27,48-50,54-68,72-80H,4-23,25-26,28-47H2,1-3H3,(H,81,82)/b27-24-. The monoisotopic (exact) mass is 1340 g/mol. The van der Waals surface area contributed by atoms with Crippen LogP contribution in [-0.2, 0) is 61.2 Å². The van der Waals surface area contributed by atoms with Crippen LogP contribution in [0.3, 0.4) is 0 Å². The van der Waals surface area contributed by atoms with Crippen molar-refractivity contribution in [1.29, 1.82) is 0 Å². The van der Waals surface area contributed by atoms with Crippen LogP contribution in [0.1, 0.15) is 265 Å². The number of esters is 3. The molecule has 3 rings (SSSR count). The van der Waals surface area contributed by atoms with Gasteiger partial charge in [-0.3, -0.25) is 23.4 Å². The minimum atomic E-state index is -5.69. The summed E-state index contributed by atoms with van der Waals surface area (Å²) in [7, 11) is -5.69. The summed E-state index contributed by atoms with van der Waals surface area (Å²) < 4.78 is 64.8. The predicted molar refractivity (Wildman–Crippen MR) is 342 cm³/mol. The Bertz CT molecular complexity index is 1970. The lowest BCUT2D eigenvalue weighted by molar-refractivity contribution is -0.360. The molecule has 1 saturated carbocycles. The predicted octanol–water partition coefficient (Wildman–Crippen LogP) is 8.40. The van der Waals surface area contributed by atoms with Crippen LogP contribution in [0.15, 0.2) is 12.2 Å². The van der Waals surface area contributed by atoms with Crippen LogP contribution < -0.4 is 0 Å². The molecule has 24 nitrogen and oxygen atoms in total. The van der Waals surface area contributed by atoms with Crippen molar-refractivity contribution in [2.45, 2.75) is 369 Å². The molecule has 0 bridgehead atoms. The molecule has 25 heteroatoms. The van der Waals surface area contributed by atoms with Crippen molar-refractivity contribution in [3.63, 3.8) is 0 Å². The minimum Gasteiger partial charge on any atom is -0.463 e. The van der Waals surface area contributed by atoms with Crippen LogP contribution >= 0.6 is 7.82 Å². The van der Waals surface area contributed by atoms with Crippen molar-refractivity contribution in [3.8, 4) is 0 Å². The van der Waals surface area contributed by atoms with Gasteiger partial charge in [0.15, 0.2) is 18.7 Å². The van der Waals surface area contributed by atoms with E-state index in [9.17, 15) is 74.9 Å². The van der Waals surface area contributed by atoms with Gasteiger partial charge in [0.05, 0.1) is 13.2 Å². The highest BCUT2D eigenvalue weighted by Gasteiger charge is 2.58. The quantitative estimate of drug-likeness (QED) is 0.00894. The molecule has 2 aliphatic heterocycles. The first-order valence-electron chi connectivity index (χ1n) is 35.5. The fraction of sp³-hybridized carbons (Fsp3) is 0.925. The zero-order valence-corrected chi connectivity index (χ0v) is 56.7. The maximum absolute atomic E-state index is 14.3. The van der Waals surface area contributed by atoms with Crippen molar-refractivity contribution in [1.82, 2.24) is 0 Å². The zero-order valence-electron chi connectivity index (χ0n) is 55.8. The molecule has 18 atom stereocenters. The molecule has 0 amide bonds. The first kappa shape index (κ1) is 83.9. The Labute approximate surface area is 548 Å². The third-order valence-corrected chi connectivity index (χ3v) is 18.5. The van der Waals surface area contributed by atoms with Crippen LogP contribution in [0.5, 0.6) is 0 Å². The summed E-state index contributed by atoms with van der Waals surface area (Å²) in [5.41, 5.74) is 0. The summed E-state index contributed by atoms with van der Waals surface area (Å²) in [6.45, 7) is 3.38. The summed E-state index contributed by atoms with van der Waals surface area (Å²) in [5.74, 6) is -2.01.